The molecular formula is C21H24F2N2O2. The van der Waals surface area contributed by atoms with Crippen LogP contribution in [0.5, 0.6) is 5.75 Å². The first-order valence-corrected chi connectivity index (χ1v) is 9.23. The van der Waals surface area contributed by atoms with E-state index in [1.54, 1.807) is 18.2 Å². The molecule has 1 saturated heterocycles. The van der Waals surface area contributed by atoms with Gasteiger partial charge < -0.3 is 10.1 Å². The molecule has 4 nitrogen and oxygen atoms in total. The molecule has 1 aliphatic heterocycles. The second-order valence-electron chi connectivity index (χ2n) is 6.76. The van der Waals surface area contributed by atoms with Gasteiger partial charge in [0.25, 0.3) is 0 Å². The number of benzene rings is 2. The summed E-state index contributed by atoms with van der Waals surface area (Å²) in [5, 5.41) is 3.03. The first kappa shape index (κ1) is 19.3. The molecule has 6 heteroatoms. The number of rotatable bonds is 7. The van der Waals surface area contributed by atoms with Crippen molar-refractivity contribution < 1.29 is 18.3 Å². The van der Waals surface area contributed by atoms with Crippen LogP contribution in [-0.2, 0) is 11.3 Å². The summed E-state index contributed by atoms with van der Waals surface area (Å²) in [5.41, 5.74) is 0.706. The Hall–Kier alpha value is -2.47. The highest BCUT2D eigenvalue weighted by molar-refractivity contribution is 5.76. The van der Waals surface area contributed by atoms with E-state index in [-0.39, 0.29) is 36.6 Å². The van der Waals surface area contributed by atoms with Crippen molar-refractivity contribution in [2.75, 3.05) is 19.7 Å². The van der Waals surface area contributed by atoms with Crippen LogP contribution in [0.25, 0.3) is 0 Å². The minimum Gasteiger partial charge on any atom is -0.493 e. The van der Waals surface area contributed by atoms with E-state index in [9.17, 15) is 13.6 Å². The van der Waals surface area contributed by atoms with E-state index in [4.69, 9.17) is 4.74 Å². The van der Waals surface area contributed by atoms with Gasteiger partial charge in [0.05, 0.1) is 13.0 Å². The molecule has 3 rings (SSSR count). The Bertz CT molecular complexity index is 744. The van der Waals surface area contributed by atoms with Gasteiger partial charge in [0.15, 0.2) is 0 Å². The molecule has 1 heterocycles. The molecule has 2 aromatic rings. The van der Waals surface area contributed by atoms with Gasteiger partial charge >= 0.3 is 0 Å². The fourth-order valence-corrected chi connectivity index (χ4v) is 3.20. The highest BCUT2D eigenvalue weighted by Crippen LogP contribution is 2.16. The van der Waals surface area contributed by atoms with Gasteiger partial charge in [-0.2, -0.15) is 0 Å². The van der Waals surface area contributed by atoms with Crippen molar-refractivity contribution in [1.82, 2.24) is 10.2 Å². The zero-order chi connectivity index (χ0) is 19.1. The van der Waals surface area contributed by atoms with Crippen LogP contribution in [-0.4, -0.2) is 36.5 Å². The van der Waals surface area contributed by atoms with E-state index in [2.05, 4.69) is 10.2 Å². The van der Waals surface area contributed by atoms with Crippen molar-refractivity contribution >= 4 is 5.91 Å². The number of hydrogen-bond acceptors (Lipinski definition) is 3. The molecule has 0 radical (unpaired) electrons. The van der Waals surface area contributed by atoms with Crippen molar-refractivity contribution in [3.63, 3.8) is 0 Å². The number of amides is 1. The minimum atomic E-state index is -0.318. The molecule has 0 bridgehead atoms. The lowest BCUT2D eigenvalue weighted by atomic mass is 10.0. The lowest BCUT2D eigenvalue weighted by molar-refractivity contribution is -0.122. The van der Waals surface area contributed by atoms with E-state index < -0.39 is 0 Å². The number of halogens is 2. The average molecular weight is 374 g/mol. The van der Waals surface area contributed by atoms with Crippen LogP contribution in [0.15, 0.2) is 48.5 Å². The normalized spacial score (nSPS) is 15.5. The number of carbonyl (C=O) groups excluding carboxylic acids is 1. The summed E-state index contributed by atoms with van der Waals surface area (Å²) in [6.45, 7) is 2.50. The predicted molar refractivity (Wildman–Crippen MR) is 99.4 cm³/mol. The molecule has 1 amide bonds. The minimum absolute atomic E-state index is 0.0512. The monoisotopic (exact) mass is 374 g/mol. The van der Waals surface area contributed by atoms with Crippen LogP contribution < -0.4 is 10.1 Å². The van der Waals surface area contributed by atoms with Crippen molar-refractivity contribution in [3.05, 3.63) is 65.7 Å². The smallest absolute Gasteiger partial charge is 0.223 e. The predicted octanol–water partition coefficient (Wildman–Crippen LogP) is 3.51. The van der Waals surface area contributed by atoms with Gasteiger partial charge in [-0.15, -0.1) is 0 Å². The summed E-state index contributed by atoms with van der Waals surface area (Å²) in [6, 6.07) is 12.7. The van der Waals surface area contributed by atoms with E-state index in [1.165, 1.54) is 18.2 Å². The molecule has 0 atom stereocenters. The Balaban J connectivity index is 1.34. The number of nitrogens with one attached hydrogen (secondary N) is 1. The molecule has 1 fully saturated rings. The van der Waals surface area contributed by atoms with Crippen LogP contribution in [0.2, 0.25) is 0 Å². The molecule has 0 saturated carbocycles. The van der Waals surface area contributed by atoms with Crippen molar-refractivity contribution in [3.8, 4) is 5.75 Å². The molecule has 0 aliphatic carbocycles. The lowest BCUT2D eigenvalue weighted by Gasteiger charge is -2.32. The quantitative estimate of drug-likeness (QED) is 0.806. The van der Waals surface area contributed by atoms with Gasteiger partial charge in [-0.05, 0) is 43.2 Å². The Kier molecular flexibility index (Phi) is 6.76. The molecule has 0 spiro atoms. The van der Waals surface area contributed by atoms with Gasteiger partial charge in [0, 0.05) is 31.2 Å². The molecular weight excluding hydrogens is 350 g/mol. The Morgan fingerprint density at radius 3 is 2.48 bits per heavy atom. The fourth-order valence-electron chi connectivity index (χ4n) is 3.20. The number of carbonyl (C=O) groups is 1. The van der Waals surface area contributed by atoms with Crippen molar-refractivity contribution in [1.29, 1.82) is 0 Å². The number of likely N-dealkylation sites (tertiary alicyclic amines) is 1. The second kappa shape index (κ2) is 9.46. The molecule has 144 valence electrons. The van der Waals surface area contributed by atoms with Gasteiger partial charge in [-0.1, -0.05) is 18.2 Å². The number of ether oxygens (including phenoxy) is 1. The van der Waals surface area contributed by atoms with E-state index >= 15 is 0 Å². The fraction of sp³-hybridized carbons (Fsp3) is 0.381. The van der Waals surface area contributed by atoms with Crippen LogP contribution >= 0.6 is 0 Å². The topological polar surface area (TPSA) is 41.6 Å². The van der Waals surface area contributed by atoms with E-state index in [1.807, 2.05) is 12.1 Å². The second-order valence-corrected chi connectivity index (χ2v) is 6.76. The summed E-state index contributed by atoms with van der Waals surface area (Å²) in [6.07, 6.45) is 1.95. The highest BCUT2D eigenvalue weighted by Gasteiger charge is 2.21. The van der Waals surface area contributed by atoms with Crippen molar-refractivity contribution in [2.45, 2.75) is 31.8 Å². The van der Waals surface area contributed by atoms with Gasteiger partial charge in [0.1, 0.15) is 17.4 Å². The third kappa shape index (κ3) is 6.03. The summed E-state index contributed by atoms with van der Waals surface area (Å²) >= 11 is 0. The van der Waals surface area contributed by atoms with Crippen LogP contribution in [0.4, 0.5) is 8.78 Å². The van der Waals surface area contributed by atoms with E-state index in [0.29, 0.717) is 17.9 Å². The Morgan fingerprint density at radius 1 is 1.07 bits per heavy atom. The maximum atomic E-state index is 13.7. The molecule has 0 unspecified atom stereocenters. The average Bonchev–Trinajstić information content (AvgIpc) is 2.67. The molecule has 2 aromatic carbocycles. The third-order valence-electron chi connectivity index (χ3n) is 4.72. The maximum Gasteiger partial charge on any atom is 0.223 e. The standard InChI is InChI=1S/C21H24F2N2O2/c22-17-5-7-19(8-6-17)27-14-11-21(26)24-18-9-12-25(13-10-18)15-16-3-1-2-4-20(16)23/h1-8,18H,9-15H2,(H,24,26). The number of hydrogen-bond donors (Lipinski definition) is 1. The van der Waals surface area contributed by atoms with Gasteiger partial charge in [-0.3, -0.25) is 9.69 Å². The molecule has 1 aliphatic rings. The molecule has 27 heavy (non-hydrogen) atoms. The molecule has 1 N–H and O–H groups in total. The van der Waals surface area contributed by atoms with Gasteiger partial charge in [0.2, 0.25) is 5.91 Å². The molecule has 0 aromatic heterocycles. The van der Waals surface area contributed by atoms with Crippen LogP contribution in [0, 0.1) is 11.6 Å². The summed E-state index contributed by atoms with van der Waals surface area (Å²) in [5.74, 6) is 0.00540. The first-order valence-electron chi connectivity index (χ1n) is 9.23. The summed E-state index contributed by atoms with van der Waals surface area (Å²) in [7, 11) is 0. The maximum absolute atomic E-state index is 13.7. The lowest BCUT2D eigenvalue weighted by Crippen LogP contribution is -2.44. The van der Waals surface area contributed by atoms with Gasteiger partial charge in [-0.25, -0.2) is 8.78 Å². The van der Waals surface area contributed by atoms with E-state index in [0.717, 1.165) is 25.9 Å². The first-order chi connectivity index (χ1) is 13.1. The summed E-state index contributed by atoms with van der Waals surface area (Å²) < 4.78 is 32.0. The zero-order valence-electron chi connectivity index (χ0n) is 15.2. The highest BCUT2D eigenvalue weighted by atomic mass is 19.1. The number of nitrogens with zero attached hydrogens (tertiary/aromatic N) is 1. The largest absolute Gasteiger partial charge is 0.493 e. The Labute approximate surface area is 158 Å². The summed E-state index contributed by atoms with van der Waals surface area (Å²) in [4.78, 5) is 14.3. The zero-order valence-corrected chi connectivity index (χ0v) is 15.2. The SMILES string of the molecule is O=C(CCOc1ccc(F)cc1)NC1CCN(Cc2ccccc2F)CC1. The third-order valence-corrected chi connectivity index (χ3v) is 4.72. The van der Waals surface area contributed by atoms with Crippen LogP contribution in [0.1, 0.15) is 24.8 Å². The van der Waals surface area contributed by atoms with Crippen molar-refractivity contribution in [2.24, 2.45) is 0 Å². The number of piperidine rings is 1. The van der Waals surface area contributed by atoms with Crippen LogP contribution in [0.3, 0.4) is 0 Å². The Morgan fingerprint density at radius 2 is 1.78 bits per heavy atom.